The summed E-state index contributed by atoms with van der Waals surface area (Å²) < 4.78 is 0. The van der Waals surface area contributed by atoms with Crippen molar-refractivity contribution < 1.29 is 9.59 Å². The normalized spacial score (nSPS) is 19.2. The molecular weight excluding hydrogens is 330 g/mol. The number of nitrogens with zero attached hydrogens (tertiary/aromatic N) is 2. The van der Waals surface area contributed by atoms with Gasteiger partial charge < -0.3 is 5.32 Å². The van der Waals surface area contributed by atoms with Crippen molar-refractivity contribution in [3.05, 3.63) is 40.2 Å². The minimum absolute atomic E-state index is 0.0352. The molecule has 0 aliphatic carbocycles. The molecule has 3 N–H and O–H groups in total. The number of allylic oxidation sites excluding steroid dienone is 1. The molecule has 1 atom stereocenters. The standard InChI is InChI=1S/C16H18ClN5O2/c1-8(2)14-20-16-19-13(23)7-12(22(16)21-14)15(24)18-11-6-10(17)5-4-9(11)3/h4-6,12,21H,7H2,1-3H3,(H,18,24)(H,19,20,23)/t12-/m1/s1. The molecule has 1 aromatic rings. The van der Waals surface area contributed by atoms with Gasteiger partial charge in [0, 0.05) is 10.7 Å². The van der Waals surface area contributed by atoms with Crippen molar-refractivity contribution in [1.29, 1.82) is 0 Å². The van der Waals surface area contributed by atoms with E-state index in [-0.39, 0.29) is 18.2 Å². The fourth-order valence-corrected chi connectivity index (χ4v) is 2.66. The molecule has 1 saturated heterocycles. The van der Waals surface area contributed by atoms with E-state index >= 15 is 0 Å². The third-order valence-electron chi connectivity index (χ3n) is 3.85. The maximum absolute atomic E-state index is 12.7. The van der Waals surface area contributed by atoms with Gasteiger partial charge >= 0.3 is 0 Å². The van der Waals surface area contributed by atoms with E-state index in [1.54, 1.807) is 17.1 Å². The quantitative estimate of drug-likeness (QED) is 0.762. The predicted molar refractivity (Wildman–Crippen MR) is 92.2 cm³/mol. The number of rotatable bonds is 2. The number of amides is 2. The van der Waals surface area contributed by atoms with E-state index in [0.29, 0.717) is 22.5 Å². The van der Waals surface area contributed by atoms with Gasteiger partial charge in [-0.3, -0.25) is 20.3 Å². The van der Waals surface area contributed by atoms with E-state index < -0.39 is 6.04 Å². The number of benzene rings is 1. The topological polar surface area (TPSA) is 85.8 Å². The first-order valence-electron chi connectivity index (χ1n) is 7.54. The molecule has 1 aromatic carbocycles. The smallest absolute Gasteiger partial charge is 0.249 e. The Hall–Kier alpha value is -2.54. The second-order valence-electron chi connectivity index (χ2n) is 5.98. The first kappa shape index (κ1) is 16.3. The molecule has 7 nitrogen and oxygen atoms in total. The van der Waals surface area contributed by atoms with E-state index in [4.69, 9.17) is 11.6 Å². The van der Waals surface area contributed by atoms with Gasteiger partial charge in [0.1, 0.15) is 11.9 Å². The van der Waals surface area contributed by atoms with Gasteiger partial charge in [0.05, 0.1) is 6.42 Å². The van der Waals surface area contributed by atoms with E-state index in [9.17, 15) is 9.59 Å². The van der Waals surface area contributed by atoms with Crippen LogP contribution in [0.15, 0.2) is 34.6 Å². The summed E-state index contributed by atoms with van der Waals surface area (Å²) in [4.78, 5) is 28.9. The lowest BCUT2D eigenvalue weighted by molar-refractivity contribution is -0.129. The molecular formula is C16H18ClN5O2. The van der Waals surface area contributed by atoms with Crippen molar-refractivity contribution in [3.63, 3.8) is 0 Å². The molecule has 2 aliphatic heterocycles. The number of guanidine groups is 1. The Kier molecular flexibility index (Phi) is 4.19. The molecule has 0 aromatic heterocycles. The molecule has 0 spiro atoms. The van der Waals surface area contributed by atoms with Crippen LogP contribution in [0.1, 0.15) is 25.8 Å². The van der Waals surface area contributed by atoms with E-state index in [1.807, 2.05) is 26.8 Å². The van der Waals surface area contributed by atoms with E-state index in [2.05, 4.69) is 21.1 Å². The maximum Gasteiger partial charge on any atom is 0.249 e. The van der Waals surface area contributed by atoms with Crippen molar-refractivity contribution in [2.24, 2.45) is 4.99 Å². The average Bonchev–Trinajstić information content (AvgIpc) is 2.94. The number of carbonyl (C=O) groups excluding carboxylic acids is 2. The van der Waals surface area contributed by atoms with Gasteiger partial charge in [-0.2, -0.15) is 4.99 Å². The van der Waals surface area contributed by atoms with Crippen LogP contribution in [0, 0.1) is 6.92 Å². The first-order valence-corrected chi connectivity index (χ1v) is 7.92. The minimum atomic E-state index is -0.701. The highest BCUT2D eigenvalue weighted by Crippen LogP contribution is 2.23. The Labute approximate surface area is 144 Å². The Morgan fingerprint density at radius 1 is 1.42 bits per heavy atom. The molecule has 2 aliphatic rings. The fraction of sp³-hybridized carbons (Fsp3) is 0.312. The molecule has 1 fully saturated rings. The van der Waals surface area contributed by atoms with Gasteiger partial charge in [-0.15, -0.1) is 0 Å². The number of aryl methyl sites for hydroxylation is 1. The minimum Gasteiger partial charge on any atom is -0.324 e. The van der Waals surface area contributed by atoms with Gasteiger partial charge in [0.25, 0.3) is 0 Å². The highest BCUT2D eigenvalue weighted by molar-refractivity contribution is 6.31. The summed E-state index contributed by atoms with van der Waals surface area (Å²) in [7, 11) is 0. The lowest BCUT2D eigenvalue weighted by Gasteiger charge is -2.32. The molecule has 126 valence electrons. The number of hydrogen-bond donors (Lipinski definition) is 3. The van der Waals surface area contributed by atoms with Crippen LogP contribution in [0.2, 0.25) is 5.02 Å². The van der Waals surface area contributed by atoms with E-state index in [1.165, 1.54) is 0 Å². The zero-order valence-electron chi connectivity index (χ0n) is 13.6. The van der Waals surface area contributed by atoms with Crippen LogP contribution in [0.3, 0.4) is 0 Å². The van der Waals surface area contributed by atoms with Crippen LogP contribution in [0.25, 0.3) is 0 Å². The van der Waals surface area contributed by atoms with Crippen molar-refractivity contribution in [1.82, 2.24) is 15.8 Å². The van der Waals surface area contributed by atoms with Gasteiger partial charge in [-0.05, 0) is 44.0 Å². The lowest BCUT2D eigenvalue weighted by Crippen LogP contribution is -2.61. The van der Waals surface area contributed by atoms with E-state index in [0.717, 1.165) is 11.1 Å². The van der Waals surface area contributed by atoms with Gasteiger partial charge in [-0.1, -0.05) is 17.7 Å². The summed E-state index contributed by atoms with van der Waals surface area (Å²) >= 11 is 5.99. The molecule has 0 unspecified atom stereocenters. The van der Waals surface area contributed by atoms with Gasteiger partial charge in [0.15, 0.2) is 0 Å². The second-order valence-corrected chi connectivity index (χ2v) is 6.42. The number of fused-ring (bicyclic) bond motifs is 1. The average molecular weight is 348 g/mol. The van der Waals surface area contributed by atoms with Crippen LogP contribution in [0.4, 0.5) is 5.69 Å². The molecule has 2 heterocycles. The summed E-state index contributed by atoms with van der Waals surface area (Å²) in [5.41, 5.74) is 5.53. The number of halogens is 1. The summed E-state index contributed by atoms with van der Waals surface area (Å²) in [5.74, 6) is 0.421. The summed E-state index contributed by atoms with van der Waals surface area (Å²) in [6.07, 6.45) is 0.0352. The van der Waals surface area contributed by atoms with Crippen molar-refractivity contribution >= 4 is 35.1 Å². The third-order valence-corrected chi connectivity index (χ3v) is 4.08. The van der Waals surface area contributed by atoms with Crippen LogP contribution in [0.5, 0.6) is 0 Å². The largest absolute Gasteiger partial charge is 0.324 e. The number of hydrazine groups is 1. The zero-order chi connectivity index (χ0) is 17.4. The predicted octanol–water partition coefficient (Wildman–Crippen LogP) is 1.90. The maximum atomic E-state index is 12.7. The molecule has 3 rings (SSSR count). The SMILES string of the molecule is CC(C)=C1N=C2NC(=O)C[C@H](C(=O)Nc3cc(Cl)ccc3C)N2N1. The monoisotopic (exact) mass is 347 g/mol. The molecule has 8 heteroatoms. The Balaban J connectivity index is 1.84. The highest BCUT2D eigenvalue weighted by atomic mass is 35.5. The molecule has 0 saturated carbocycles. The summed E-state index contributed by atoms with van der Waals surface area (Å²) in [6, 6.07) is 4.57. The van der Waals surface area contributed by atoms with Crippen LogP contribution in [-0.4, -0.2) is 28.8 Å². The fourth-order valence-electron chi connectivity index (χ4n) is 2.49. The number of hydrogen-bond acceptors (Lipinski definition) is 5. The Morgan fingerprint density at radius 2 is 2.17 bits per heavy atom. The van der Waals surface area contributed by atoms with Crippen LogP contribution >= 0.6 is 11.6 Å². The van der Waals surface area contributed by atoms with Crippen molar-refractivity contribution in [2.45, 2.75) is 33.2 Å². The summed E-state index contributed by atoms with van der Waals surface area (Å²) in [6.45, 7) is 5.68. The molecule has 0 radical (unpaired) electrons. The molecule has 0 bridgehead atoms. The zero-order valence-corrected chi connectivity index (χ0v) is 14.4. The van der Waals surface area contributed by atoms with Crippen LogP contribution < -0.4 is 16.1 Å². The third kappa shape index (κ3) is 3.07. The lowest BCUT2D eigenvalue weighted by atomic mass is 10.1. The molecule has 24 heavy (non-hydrogen) atoms. The summed E-state index contributed by atoms with van der Waals surface area (Å²) in [5, 5.41) is 7.63. The van der Waals surface area contributed by atoms with Crippen molar-refractivity contribution in [2.75, 3.05) is 5.32 Å². The Morgan fingerprint density at radius 3 is 2.88 bits per heavy atom. The van der Waals surface area contributed by atoms with Crippen molar-refractivity contribution in [3.8, 4) is 0 Å². The highest BCUT2D eigenvalue weighted by Gasteiger charge is 2.39. The molecule has 2 amide bonds. The number of nitrogens with one attached hydrogen (secondary N) is 3. The second kappa shape index (κ2) is 6.16. The number of aliphatic imine (C=N–C) groups is 1. The van der Waals surface area contributed by atoms with Gasteiger partial charge in [0.2, 0.25) is 17.8 Å². The first-order chi connectivity index (χ1) is 11.3. The van der Waals surface area contributed by atoms with Gasteiger partial charge in [-0.25, -0.2) is 5.01 Å². The Bertz CT molecular complexity index is 783. The number of anilines is 1. The van der Waals surface area contributed by atoms with Crippen LogP contribution in [-0.2, 0) is 9.59 Å². The number of carbonyl (C=O) groups is 2.